The number of aryl methyl sites for hydroxylation is 2. The Hall–Kier alpha value is -3.91. The number of hydrogen-bond acceptors (Lipinski definition) is 2. The Kier molecular flexibility index (Phi) is 6.62. The van der Waals surface area contributed by atoms with E-state index >= 15 is 0 Å². The van der Waals surface area contributed by atoms with E-state index in [4.69, 9.17) is 0 Å². The molecular weight excluding hydrogens is 390 g/mol. The summed E-state index contributed by atoms with van der Waals surface area (Å²) in [7, 11) is 0. The third-order valence-corrected chi connectivity index (χ3v) is 5.63. The van der Waals surface area contributed by atoms with Crippen molar-refractivity contribution in [2.75, 3.05) is 4.90 Å². The number of nitrogens with zero attached hydrogens (tertiary/aromatic N) is 1. The van der Waals surface area contributed by atoms with Crippen molar-refractivity contribution in [3.05, 3.63) is 125 Å². The number of carbonyl (C=O) groups excluding carboxylic acids is 1. The van der Waals surface area contributed by atoms with Crippen molar-refractivity contribution >= 4 is 35.5 Å². The van der Waals surface area contributed by atoms with E-state index in [0.717, 1.165) is 35.2 Å². The van der Waals surface area contributed by atoms with Crippen molar-refractivity contribution in [2.24, 2.45) is 0 Å². The second-order valence-corrected chi connectivity index (χ2v) is 7.82. The normalized spacial score (nSPS) is 10.9. The maximum absolute atomic E-state index is 10.8. The predicted octanol–water partition coefficient (Wildman–Crippen LogP) is 8.01. The summed E-state index contributed by atoms with van der Waals surface area (Å²) in [4.78, 5) is 13.2. The zero-order chi connectivity index (χ0) is 22.3. The van der Waals surface area contributed by atoms with Gasteiger partial charge in [0.2, 0.25) is 0 Å². The third kappa shape index (κ3) is 4.70. The van der Waals surface area contributed by atoms with Gasteiger partial charge in [0, 0.05) is 16.9 Å². The second kappa shape index (κ2) is 9.93. The number of hydrogen-bond donors (Lipinski definition) is 0. The van der Waals surface area contributed by atoms with Gasteiger partial charge in [0.15, 0.2) is 0 Å². The molecule has 0 aliphatic rings. The Bertz CT molecular complexity index is 1210. The van der Waals surface area contributed by atoms with Crippen LogP contribution in [0.3, 0.4) is 0 Å². The largest absolute Gasteiger partial charge is 0.310 e. The fourth-order valence-corrected chi connectivity index (χ4v) is 3.92. The van der Waals surface area contributed by atoms with Crippen LogP contribution < -0.4 is 4.90 Å². The summed E-state index contributed by atoms with van der Waals surface area (Å²) in [6, 6.07) is 33.3. The van der Waals surface area contributed by atoms with Crippen molar-refractivity contribution < 1.29 is 4.79 Å². The zero-order valence-electron chi connectivity index (χ0n) is 18.5. The molecule has 32 heavy (non-hydrogen) atoms. The van der Waals surface area contributed by atoms with E-state index in [9.17, 15) is 4.79 Å². The Balaban J connectivity index is 1.68. The number of para-hydroxylation sites is 2. The molecule has 0 aromatic heterocycles. The molecule has 2 nitrogen and oxygen atoms in total. The van der Waals surface area contributed by atoms with Crippen LogP contribution in [0.5, 0.6) is 0 Å². The molecule has 0 N–H and O–H groups in total. The Morgan fingerprint density at radius 2 is 1.22 bits per heavy atom. The number of aldehydes is 1. The molecule has 4 aromatic rings. The molecule has 4 rings (SSSR count). The molecule has 0 aliphatic heterocycles. The fourth-order valence-electron chi connectivity index (χ4n) is 3.92. The monoisotopic (exact) mass is 417 g/mol. The van der Waals surface area contributed by atoms with Gasteiger partial charge in [0.25, 0.3) is 0 Å². The number of benzene rings is 4. The highest BCUT2D eigenvalue weighted by Gasteiger charge is 2.17. The van der Waals surface area contributed by atoms with Gasteiger partial charge in [0.05, 0.1) is 5.69 Å². The molecule has 0 saturated carbocycles. The molecule has 0 saturated heterocycles. The second-order valence-electron chi connectivity index (χ2n) is 7.82. The van der Waals surface area contributed by atoms with Crippen LogP contribution in [0.15, 0.2) is 97.1 Å². The van der Waals surface area contributed by atoms with E-state index in [1.807, 2.05) is 24.3 Å². The quantitative estimate of drug-likeness (QED) is 0.224. The van der Waals surface area contributed by atoms with Crippen molar-refractivity contribution in [1.82, 2.24) is 0 Å². The molecule has 4 aromatic carbocycles. The van der Waals surface area contributed by atoms with E-state index < -0.39 is 0 Å². The molecule has 0 spiro atoms. The van der Waals surface area contributed by atoms with E-state index in [-0.39, 0.29) is 0 Å². The fraction of sp³-hybridized carbons (Fsp3) is 0.100. The van der Waals surface area contributed by atoms with Crippen LogP contribution in [0.1, 0.15) is 39.5 Å². The molecule has 0 bridgehead atoms. The standard InChI is InChI=1S/C30H27NO/c1-3-27-9-7-8-23(2)30(27)31(28-10-5-4-6-11-28)29-20-18-25(19-21-29)13-12-24-14-16-26(22-32)17-15-24/h4-22H,3H2,1-2H3/b13-12+. The zero-order valence-corrected chi connectivity index (χ0v) is 18.5. The summed E-state index contributed by atoms with van der Waals surface area (Å²) >= 11 is 0. The van der Waals surface area contributed by atoms with Gasteiger partial charge in [-0.25, -0.2) is 0 Å². The third-order valence-electron chi connectivity index (χ3n) is 5.63. The first-order valence-corrected chi connectivity index (χ1v) is 11.0. The van der Waals surface area contributed by atoms with Gasteiger partial charge in [-0.05, 0) is 59.9 Å². The highest BCUT2D eigenvalue weighted by atomic mass is 16.1. The molecule has 0 radical (unpaired) electrons. The summed E-state index contributed by atoms with van der Waals surface area (Å²) in [5.74, 6) is 0. The minimum atomic E-state index is 0.690. The highest BCUT2D eigenvalue weighted by molar-refractivity contribution is 5.81. The van der Waals surface area contributed by atoms with E-state index in [2.05, 4.69) is 104 Å². The van der Waals surface area contributed by atoms with E-state index in [1.165, 1.54) is 16.8 Å². The molecule has 0 unspecified atom stereocenters. The Labute approximate surface area is 190 Å². The minimum Gasteiger partial charge on any atom is -0.310 e. The average Bonchev–Trinajstić information content (AvgIpc) is 2.85. The molecule has 0 amide bonds. The summed E-state index contributed by atoms with van der Waals surface area (Å²) in [5.41, 5.74) is 9.00. The predicted molar refractivity (Wildman–Crippen MR) is 136 cm³/mol. The molecule has 0 aliphatic carbocycles. The number of carbonyl (C=O) groups is 1. The van der Waals surface area contributed by atoms with Gasteiger partial charge >= 0.3 is 0 Å². The lowest BCUT2D eigenvalue weighted by Gasteiger charge is -2.29. The lowest BCUT2D eigenvalue weighted by molar-refractivity contribution is 0.112. The summed E-state index contributed by atoms with van der Waals surface area (Å²) in [6.07, 6.45) is 6.00. The molecule has 0 fully saturated rings. The molecule has 0 heterocycles. The van der Waals surface area contributed by atoms with Gasteiger partial charge in [-0.1, -0.05) is 91.9 Å². The molecule has 158 valence electrons. The van der Waals surface area contributed by atoms with Gasteiger partial charge in [-0.3, -0.25) is 4.79 Å². The van der Waals surface area contributed by atoms with Crippen LogP contribution in [0.4, 0.5) is 17.1 Å². The van der Waals surface area contributed by atoms with Gasteiger partial charge in [-0.15, -0.1) is 0 Å². The lowest BCUT2D eigenvalue weighted by atomic mass is 10.0. The number of rotatable bonds is 7. The first kappa shape index (κ1) is 21.3. The Morgan fingerprint density at radius 1 is 0.656 bits per heavy atom. The SMILES string of the molecule is CCc1cccc(C)c1N(c1ccccc1)c1ccc(/C=C/c2ccc(C=O)cc2)cc1. The van der Waals surface area contributed by atoms with Crippen molar-refractivity contribution in [2.45, 2.75) is 20.3 Å². The highest BCUT2D eigenvalue weighted by Crippen LogP contribution is 2.38. The maximum atomic E-state index is 10.8. The van der Waals surface area contributed by atoms with Crippen molar-refractivity contribution in [1.29, 1.82) is 0 Å². The smallest absolute Gasteiger partial charge is 0.150 e. The van der Waals surface area contributed by atoms with E-state index in [0.29, 0.717) is 5.56 Å². The average molecular weight is 418 g/mol. The topological polar surface area (TPSA) is 20.3 Å². The van der Waals surface area contributed by atoms with Crippen LogP contribution in [-0.2, 0) is 6.42 Å². The maximum Gasteiger partial charge on any atom is 0.150 e. The Morgan fingerprint density at radius 3 is 1.81 bits per heavy atom. The summed E-state index contributed by atoms with van der Waals surface area (Å²) < 4.78 is 0. The van der Waals surface area contributed by atoms with Crippen LogP contribution >= 0.6 is 0 Å². The number of anilines is 3. The molecule has 2 heteroatoms. The van der Waals surface area contributed by atoms with Crippen molar-refractivity contribution in [3.8, 4) is 0 Å². The summed E-state index contributed by atoms with van der Waals surface area (Å²) in [6.45, 7) is 4.38. The van der Waals surface area contributed by atoms with Gasteiger partial charge < -0.3 is 4.90 Å². The van der Waals surface area contributed by atoms with Crippen LogP contribution in [0.2, 0.25) is 0 Å². The molecular formula is C30H27NO. The van der Waals surface area contributed by atoms with Crippen LogP contribution in [0.25, 0.3) is 12.2 Å². The van der Waals surface area contributed by atoms with Crippen LogP contribution in [0, 0.1) is 6.92 Å². The van der Waals surface area contributed by atoms with Crippen LogP contribution in [-0.4, -0.2) is 6.29 Å². The first-order valence-electron chi connectivity index (χ1n) is 11.0. The van der Waals surface area contributed by atoms with Crippen molar-refractivity contribution in [3.63, 3.8) is 0 Å². The minimum absolute atomic E-state index is 0.690. The van der Waals surface area contributed by atoms with Gasteiger partial charge in [-0.2, -0.15) is 0 Å². The van der Waals surface area contributed by atoms with E-state index in [1.54, 1.807) is 0 Å². The first-order chi connectivity index (χ1) is 15.7. The summed E-state index contributed by atoms with van der Waals surface area (Å²) in [5, 5.41) is 0. The van der Waals surface area contributed by atoms with Gasteiger partial charge in [0.1, 0.15) is 6.29 Å². The lowest BCUT2D eigenvalue weighted by Crippen LogP contribution is -2.13. The molecule has 0 atom stereocenters.